The smallest absolute Gasteiger partial charge is 0.136 e. The van der Waals surface area contributed by atoms with E-state index in [1.807, 2.05) is 23.0 Å². The van der Waals surface area contributed by atoms with Crippen molar-refractivity contribution < 1.29 is 0 Å². The summed E-state index contributed by atoms with van der Waals surface area (Å²) in [7, 11) is 0. The van der Waals surface area contributed by atoms with Gasteiger partial charge in [0.05, 0.1) is 12.1 Å². The van der Waals surface area contributed by atoms with Crippen LogP contribution in [0.15, 0.2) is 55.1 Å². The van der Waals surface area contributed by atoms with Gasteiger partial charge in [-0.3, -0.25) is 4.98 Å². The molecule has 6 nitrogen and oxygen atoms in total. The minimum atomic E-state index is 0.655. The Labute approximate surface area is 189 Å². The molecular formula is C26H30N6. The third-order valence-corrected chi connectivity index (χ3v) is 6.22. The first-order valence-corrected chi connectivity index (χ1v) is 11.7. The summed E-state index contributed by atoms with van der Waals surface area (Å²) in [5.41, 5.74) is 5.55. The van der Waals surface area contributed by atoms with Crippen molar-refractivity contribution >= 4 is 11.5 Å². The number of rotatable bonds is 6. The van der Waals surface area contributed by atoms with E-state index in [9.17, 15) is 0 Å². The molecule has 1 aliphatic rings. The molecule has 0 saturated carbocycles. The number of fused-ring (bicyclic) bond motifs is 1. The molecule has 1 fully saturated rings. The summed E-state index contributed by atoms with van der Waals surface area (Å²) in [4.78, 5) is 21.4. The molecule has 0 aliphatic carbocycles. The standard InChI is InChI=1S/C26H30N6/c1-2-20-7-9-27-22(15-20)18-24-29-23(16-21-8-13-32-14-10-28-25(32)17-21)19-26(30-24)31-11-5-3-4-6-12-31/h7-10,13-15,17,19H,2-6,11-12,16,18H2,1H3. The lowest BCUT2D eigenvalue weighted by atomic mass is 10.1. The van der Waals surface area contributed by atoms with E-state index in [-0.39, 0.29) is 0 Å². The van der Waals surface area contributed by atoms with Crippen LogP contribution in [0.1, 0.15) is 60.9 Å². The van der Waals surface area contributed by atoms with Gasteiger partial charge in [-0.1, -0.05) is 19.8 Å². The third kappa shape index (κ3) is 4.79. The third-order valence-electron chi connectivity index (χ3n) is 6.22. The normalized spacial score (nSPS) is 14.6. The highest BCUT2D eigenvalue weighted by Crippen LogP contribution is 2.21. The molecule has 5 heterocycles. The summed E-state index contributed by atoms with van der Waals surface area (Å²) in [6.07, 6.45) is 15.3. The quantitative estimate of drug-likeness (QED) is 0.449. The van der Waals surface area contributed by atoms with E-state index < -0.39 is 0 Å². The van der Waals surface area contributed by atoms with Crippen LogP contribution < -0.4 is 4.90 Å². The largest absolute Gasteiger partial charge is 0.357 e. The predicted molar refractivity (Wildman–Crippen MR) is 127 cm³/mol. The number of aryl methyl sites for hydroxylation is 1. The molecule has 0 radical (unpaired) electrons. The molecule has 4 aromatic heterocycles. The van der Waals surface area contributed by atoms with E-state index in [1.165, 1.54) is 36.8 Å². The summed E-state index contributed by atoms with van der Waals surface area (Å²) >= 11 is 0. The predicted octanol–water partition coefficient (Wildman–Crippen LogP) is 4.64. The molecule has 0 spiro atoms. The van der Waals surface area contributed by atoms with Crippen LogP contribution in [0.4, 0.5) is 5.82 Å². The Morgan fingerprint density at radius 3 is 2.50 bits per heavy atom. The molecule has 0 N–H and O–H groups in total. The van der Waals surface area contributed by atoms with Crippen molar-refractivity contribution in [3.8, 4) is 0 Å². The number of anilines is 1. The van der Waals surface area contributed by atoms with E-state index in [0.717, 1.165) is 54.6 Å². The summed E-state index contributed by atoms with van der Waals surface area (Å²) < 4.78 is 2.03. The van der Waals surface area contributed by atoms with Gasteiger partial charge < -0.3 is 9.30 Å². The van der Waals surface area contributed by atoms with Crippen molar-refractivity contribution in [2.24, 2.45) is 0 Å². The van der Waals surface area contributed by atoms with Crippen molar-refractivity contribution in [1.29, 1.82) is 0 Å². The molecule has 5 rings (SSSR count). The first-order valence-electron chi connectivity index (χ1n) is 11.7. The van der Waals surface area contributed by atoms with Gasteiger partial charge in [-0.15, -0.1) is 0 Å². The van der Waals surface area contributed by atoms with E-state index in [1.54, 1.807) is 0 Å². The Kier molecular flexibility index (Phi) is 6.10. The molecule has 0 atom stereocenters. The number of imidazole rings is 1. The highest BCUT2D eigenvalue weighted by Gasteiger charge is 2.15. The lowest BCUT2D eigenvalue weighted by Gasteiger charge is -2.22. The molecule has 1 aliphatic heterocycles. The van der Waals surface area contributed by atoms with Gasteiger partial charge in [0, 0.05) is 56.1 Å². The van der Waals surface area contributed by atoms with Crippen LogP contribution in [-0.2, 0) is 19.3 Å². The van der Waals surface area contributed by atoms with Crippen LogP contribution in [0.25, 0.3) is 5.65 Å². The van der Waals surface area contributed by atoms with Crippen molar-refractivity contribution in [2.45, 2.75) is 51.9 Å². The summed E-state index contributed by atoms with van der Waals surface area (Å²) in [5, 5.41) is 0. The van der Waals surface area contributed by atoms with Gasteiger partial charge in [0.2, 0.25) is 0 Å². The summed E-state index contributed by atoms with van der Waals surface area (Å²) in [5.74, 6) is 1.91. The van der Waals surface area contributed by atoms with Gasteiger partial charge in [0.1, 0.15) is 17.3 Å². The monoisotopic (exact) mass is 426 g/mol. The zero-order chi connectivity index (χ0) is 21.8. The average molecular weight is 427 g/mol. The number of aromatic nitrogens is 5. The molecule has 0 unspecified atom stereocenters. The van der Waals surface area contributed by atoms with Crippen LogP contribution in [-0.4, -0.2) is 37.4 Å². The number of hydrogen-bond donors (Lipinski definition) is 0. The Bertz CT molecular complexity index is 1190. The highest BCUT2D eigenvalue weighted by molar-refractivity contribution is 5.45. The lowest BCUT2D eigenvalue weighted by molar-refractivity contribution is 0.726. The van der Waals surface area contributed by atoms with Gasteiger partial charge in [-0.2, -0.15) is 0 Å². The second-order valence-corrected chi connectivity index (χ2v) is 8.63. The lowest BCUT2D eigenvalue weighted by Crippen LogP contribution is -2.26. The Morgan fingerprint density at radius 1 is 0.781 bits per heavy atom. The van der Waals surface area contributed by atoms with Crippen LogP contribution in [0, 0.1) is 0 Å². The zero-order valence-corrected chi connectivity index (χ0v) is 18.7. The molecule has 4 aromatic rings. The van der Waals surface area contributed by atoms with Crippen LogP contribution in [0.3, 0.4) is 0 Å². The van der Waals surface area contributed by atoms with E-state index in [0.29, 0.717) is 6.42 Å². The van der Waals surface area contributed by atoms with Crippen molar-refractivity contribution in [2.75, 3.05) is 18.0 Å². The van der Waals surface area contributed by atoms with Crippen molar-refractivity contribution in [3.05, 3.63) is 83.5 Å². The first-order chi connectivity index (χ1) is 15.8. The second-order valence-electron chi connectivity index (χ2n) is 8.63. The maximum absolute atomic E-state index is 4.99. The highest BCUT2D eigenvalue weighted by atomic mass is 15.2. The van der Waals surface area contributed by atoms with Gasteiger partial charge in [-0.05, 0) is 54.7 Å². The van der Waals surface area contributed by atoms with Gasteiger partial charge in [0.15, 0.2) is 0 Å². The first kappa shape index (κ1) is 20.6. The zero-order valence-electron chi connectivity index (χ0n) is 18.7. The van der Waals surface area contributed by atoms with E-state index >= 15 is 0 Å². The fourth-order valence-electron chi connectivity index (χ4n) is 4.45. The van der Waals surface area contributed by atoms with Gasteiger partial charge in [0.25, 0.3) is 0 Å². The summed E-state index contributed by atoms with van der Waals surface area (Å²) in [6.45, 7) is 4.31. The topological polar surface area (TPSA) is 59.2 Å². The molecule has 0 amide bonds. The molecule has 0 aromatic carbocycles. The molecule has 0 bridgehead atoms. The fourth-order valence-corrected chi connectivity index (χ4v) is 4.45. The van der Waals surface area contributed by atoms with Crippen LogP contribution >= 0.6 is 0 Å². The van der Waals surface area contributed by atoms with Gasteiger partial charge >= 0.3 is 0 Å². The van der Waals surface area contributed by atoms with Crippen molar-refractivity contribution in [1.82, 2.24) is 24.3 Å². The number of nitrogens with zero attached hydrogens (tertiary/aromatic N) is 6. The van der Waals surface area contributed by atoms with E-state index in [4.69, 9.17) is 9.97 Å². The number of pyridine rings is 2. The minimum absolute atomic E-state index is 0.655. The maximum Gasteiger partial charge on any atom is 0.136 e. The van der Waals surface area contributed by atoms with Crippen LogP contribution in [0.5, 0.6) is 0 Å². The van der Waals surface area contributed by atoms with Crippen LogP contribution in [0.2, 0.25) is 0 Å². The maximum atomic E-state index is 4.99. The second kappa shape index (κ2) is 9.47. The Morgan fingerprint density at radius 2 is 1.66 bits per heavy atom. The average Bonchev–Trinajstić information content (AvgIpc) is 3.10. The summed E-state index contributed by atoms with van der Waals surface area (Å²) in [6, 6.07) is 10.7. The molecular weight excluding hydrogens is 396 g/mol. The molecule has 1 saturated heterocycles. The van der Waals surface area contributed by atoms with E-state index in [2.05, 4.69) is 58.3 Å². The number of hydrogen-bond acceptors (Lipinski definition) is 5. The molecule has 6 heteroatoms. The Balaban J connectivity index is 1.47. The Hall–Kier alpha value is -3.28. The van der Waals surface area contributed by atoms with Crippen molar-refractivity contribution in [3.63, 3.8) is 0 Å². The molecule has 164 valence electrons. The molecule has 32 heavy (non-hydrogen) atoms. The fraction of sp³-hybridized carbons (Fsp3) is 0.385. The minimum Gasteiger partial charge on any atom is -0.357 e. The van der Waals surface area contributed by atoms with Gasteiger partial charge in [-0.25, -0.2) is 15.0 Å². The SMILES string of the molecule is CCc1ccnc(Cc2nc(Cc3ccn4ccnc4c3)cc(N3CCCCCC3)n2)c1.